The highest BCUT2D eigenvalue weighted by Crippen LogP contribution is 2.26. The topological polar surface area (TPSA) is 86.8 Å². The lowest BCUT2D eigenvalue weighted by atomic mass is 10.1. The summed E-state index contributed by atoms with van der Waals surface area (Å²) in [5.74, 6) is -0.752. The first-order chi connectivity index (χ1) is 15.5. The molecule has 2 aromatic carbocycles. The first-order valence-corrected chi connectivity index (χ1v) is 13.1. The van der Waals surface area contributed by atoms with Gasteiger partial charge in [-0.25, -0.2) is 8.42 Å². The van der Waals surface area contributed by atoms with Crippen LogP contribution in [0.1, 0.15) is 37.8 Å². The Balaban J connectivity index is 2.35. The van der Waals surface area contributed by atoms with Gasteiger partial charge in [-0.1, -0.05) is 55.3 Å². The van der Waals surface area contributed by atoms with Crippen molar-refractivity contribution in [3.05, 3.63) is 64.7 Å². The van der Waals surface area contributed by atoms with Crippen molar-refractivity contribution in [3.8, 4) is 0 Å². The highest BCUT2D eigenvalue weighted by molar-refractivity contribution is 7.92. The Hall–Kier alpha value is -2.58. The molecule has 0 aliphatic heterocycles. The minimum atomic E-state index is -3.78. The summed E-state index contributed by atoms with van der Waals surface area (Å²) in [5, 5.41) is 3.33. The molecule has 0 saturated heterocycles. The third kappa shape index (κ3) is 7.75. The van der Waals surface area contributed by atoms with Crippen LogP contribution < -0.4 is 9.62 Å². The SMILES string of the molecule is CCCCNC(=O)[C@H](C)N(Cc1ccccc1)C(=O)CN(c1ccc(Cl)cc1C)S(C)(=O)=O. The maximum atomic E-state index is 13.4. The van der Waals surface area contributed by atoms with Crippen LogP contribution in [0.5, 0.6) is 0 Å². The molecular weight excluding hydrogens is 462 g/mol. The van der Waals surface area contributed by atoms with E-state index < -0.39 is 28.5 Å². The minimum absolute atomic E-state index is 0.180. The highest BCUT2D eigenvalue weighted by Gasteiger charge is 2.30. The van der Waals surface area contributed by atoms with Crippen molar-refractivity contribution >= 4 is 39.1 Å². The van der Waals surface area contributed by atoms with Gasteiger partial charge in [0.25, 0.3) is 0 Å². The van der Waals surface area contributed by atoms with Gasteiger partial charge in [0.2, 0.25) is 21.8 Å². The van der Waals surface area contributed by atoms with Gasteiger partial charge in [0, 0.05) is 18.1 Å². The molecule has 2 rings (SSSR count). The molecule has 9 heteroatoms. The van der Waals surface area contributed by atoms with E-state index in [1.54, 1.807) is 32.0 Å². The summed E-state index contributed by atoms with van der Waals surface area (Å²) >= 11 is 6.02. The lowest BCUT2D eigenvalue weighted by molar-refractivity contribution is -0.139. The normalized spacial score (nSPS) is 12.2. The number of nitrogens with one attached hydrogen (secondary N) is 1. The first-order valence-electron chi connectivity index (χ1n) is 10.9. The molecule has 0 aromatic heterocycles. The lowest BCUT2D eigenvalue weighted by Gasteiger charge is -2.32. The van der Waals surface area contributed by atoms with Crippen molar-refractivity contribution < 1.29 is 18.0 Å². The molecule has 2 amide bonds. The van der Waals surface area contributed by atoms with E-state index in [0.717, 1.165) is 29.0 Å². The maximum Gasteiger partial charge on any atom is 0.244 e. The van der Waals surface area contributed by atoms with Crippen molar-refractivity contribution in [1.82, 2.24) is 10.2 Å². The highest BCUT2D eigenvalue weighted by atomic mass is 35.5. The van der Waals surface area contributed by atoms with Gasteiger partial charge in [0.1, 0.15) is 12.6 Å². The third-order valence-corrected chi connectivity index (χ3v) is 6.66. The summed E-state index contributed by atoms with van der Waals surface area (Å²) in [6, 6.07) is 13.3. The monoisotopic (exact) mass is 493 g/mol. The zero-order chi connectivity index (χ0) is 24.6. The molecule has 0 aliphatic carbocycles. The van der Waals surface area contributed by atoms with Gasteiger partial charge in [-0.05, 0) is 49.6 Å². The lowest BCUT2D eigenvalue weighted by Crippen LogP contribution is -2.51. The minimum Gasteiger partial charge on any atom is -0.354 e. The van der Waals surface area contributed by atoms with E-state index >= 15 is 0 Å². The largest absolute Gasteiger partial charge is 0.354 e. The third-order valence-electron chi connectivity index (χ3n) is 5.30. The van der Waals surface area contributed by atoms with E-state index in [-0.39, 0.29) is 12.5 Å². The van der Waals surface area contributed by atoms with Crippen molar-refractivity contribution in [2.75, 3.05) is 23.7 Å². The molecule has 1 atom stereocenters. The Morgan fingerprint density at radius 1 is 1.12 bits per heavy atom. The van der Waals surface area contributed by atoms with E-state index in [1.807, 2.05) is 37.3 Å². The van der Waals surface area contributed by atoms with Crippen molar-refractivity contribution in [2.24, 2.45) is 0 Å². The average molecular weight is 494 g/mol. The van der Waals surface area contributed by atoms with Crippen LogP contribution in [0, 0.1) is 6.92 Å². The number of unbranched alkanes of at least 4 members (excludes halogenated alkanes) is 1. The number of hydrogen-bond acceptors (Lipinski definition) is 4. The van der Waals surface area contributed by atoms with Gasteiger partial charge in [-0.2, -0.15) is 0 Å². The molecule has 33 heavy (non-hydrogen) atoms. The molecule has 0 saturated carbocycles. The fraction of sp³-hybridized carbons (Fsp3) is 0.417. The van der Waals surface area contributed by atoms with Gasteiger partial charge in [0.05, 0.1) is 11.9 Å². The van der Waals surface area contributed by atoms with Crippen molar-refractivity contribution in [2.45, 2.75) is 46.2 Å². The predicted octanol–water partition coefficient (Wildman–Crippen LogP) is 3.75. The summed E-state index contributed by atoms with van der Waals surface area (Å²) < 4.78 is 26.3. The number of nitrogens with zero attached hydrogens (tertiary/aromatic N) is 2. The molecule has 2 aromatic rings. The Morgan fingerprint density at radius 2 is 1.79 bits per heavy atom. The number of rotatable bonds is 11. The second-order valence-corrected chi connectivity index (χ2v) is 10.4. The van der Waals surface area contributed by atoms with Gasteiger partial charge in [0.15, 0.2) is 0 Å². The standard InChI is InChI=1S/C24H32ClN3O4S/c1-5-6-14-26-24(30)19(3)27(16-20-10-8-7-9-11-20)23(29)17-28(33(4,31)32)22-13-12-21(25)15-18(22)2/h7-13,15,19H,5-6,14,16-17H2,1-4H3,(H,26,30)/t19-/m0/s1. The Kier molecular flexibility index (Phi) is 9.73. The van der Waals surface area contributed by atoms with Crippen LogP contribution in [-0.4, -0.2) is 50.5 Å². The number of hydrogen-bond donors (Lipinski definition) is 1. The smallest absolute Gasteiger partial charge is 0.244 e. The summed E-state index contributed by atoms with van der Waals surface area (Å²) in [7, 11) is -3.78. The number of sulfonamides is 1. The second kappa shape index (κ2) is 12.0. The predicted molar refractivity (Wildman–Crippen MR) is 133 cm³/mol. The van der Waals surface area contributed by atoms with Gasteiger partial charge in [-0.3, -0.25) is 13.9 Å². The van der Waals surface area contributed by atoms with Gasteiger partial charge in [-0.15, -0.1) is 0 Å². The number of carbonyl (C=O) groups is 2. The van der Waals surface area contributed by atoms with Gasteiger partial charge >= 0.3 is 0 Å². The quantitative estimate of drug-likeness (QED) is 0.483. The molecule has 0 fully saturated rings. The van der Waals surface area contributed by atoms with Crippen LogP contribution in [0.3, 0.4) is 0 Å². The van der Waals surface area contributed by atoms with Crippen LogP contribution in [0.25, 0.3) is 0 Å². The fourth-order valence-corrected chi connectivity index (χ4v) is 4.53. The molecule has 0 heterocycles. The number of amides is 2. The van der Waals surface area contributed by atoms with Crippen LogP contribution in [0.2, 0.25) is 5.02 Å². The molecule has 0 radical (unpaired) electrons. The van der Waals surface area contributed by atoms with Crippen LogP contribution >= 0.6 is 11.6 Å². The molecule has 180 valence electrons. The number of benzene rings is 2. The summed E-state index contributed by atoms with van der Waals surface area (Å²) in [6.45, 7) is 5.68. The fourth-order valence-electron chi connectivity index (χ4n) is 3.39. The molecule has 1 N–H and O–H groups in total. The van der Waals surface area contributed by atoms with Crippen LogP contribution in [0.4, 0.5) is 5.69 Å². The summed E-state index contributed by atoms with van der Waals surface area (Å²) in [5.41, 5.74) is 1.84. The molecule has 7 nitrogen and oxygen atoms in total. The van der Waals surface area contributed by atoms with E-state index in [2.05, 4.69) is 5.32 Å². The number of aryl methyl sites for hydroxylation is 1. The van der Waals surface area contributed by atoms with Crippen LogP contribution in [0.15, 0.2) is 48.5 Å². The van der Waals surface area contributed by atoms with Gasteiger partial charge < -0.3 is 10.2 Å². The van der Waals surface area contributed by atoms with E-state index in [0.29, 0.717) is 22.8 Å². The zero-order valence-corrected chi connectivity index (χ0v) is 21.1. The van der Waals surface area contributed by atoms with E-state index in [4.69, 9.17) is 11.6 Å². The molecule has 0 bridgehead atoms. The zero-order valence-electron chi connectivity index (χ0n) is 19.5. The van der Waals surface area contributed by atoms with E-state index in [1.165, 1.54) is 4.90 Å². The van der Waals surface area contributed by atoms with Crippen molar-refractivity contribution in [3.63, 3.8) is 0 Å². The molecule has 0 spiro atoms. The number of halogens is 1. The Morgan fingerprint density at radius 3 is 2.36 bits per heavy atom. The summed E-state index contributed by atoms with van der Waals surface area (Å²) in [6.07, 6.45) is 2.82. The first kappa shape index (κ1) is 26.7. The van der Waals surface area contributed by atoms with Crippen LogP contribution in [-0.2, 0) is 26.2 Å². The molecule has 0 aliphatic rings. The maximum absolute atomic E-state index is 13.4. The molecule has 0 unspecified atom stereocenters. The average Bonchev–Trinajstić information content (AvgIpc) is 2.75. The second-order valence-electron chi connectivity index (χ2n) is 8.03. The Labute approximate surface area is 201 Å². The number of carbonyl (C=O) groups excluding carboxylic acids is 2. The number of anilines is 1. The van der Waals surface area contributed by atoms with Crippen molar-refractivity contribution in [1.29, 1.82) is 0 Å². The van der Waals surface area contributed by atoms with E-state index in [9.17, 15) is 18.0 Å². The molecular formula is C24H32ClN3O4S. The Bertz CT molecular complexity index is 1060. The summed E-state index contributed by atoms with van der Waals surface area (Å²) in [4.78, 5) is 27.6.